The van der Waals surface area contributed by atoms with Crippen molar-refractivity contribution in [1.29, 1.82) is 0 Å². The smallest absolute Gasteiger partial charge is 0.407 e. The van der Waals surface area contributed by atoms with Crippen molar-refractivity contribution in [3.05, 3.63) is 35.9 Å². The maximum absolute atomic E-state index is 12.3. The van der Waals surface area contributed by atoms with Gasteiger partial charge in [0.1, 0.15) is 6.61 Å². The molecule has 1 saturated heterocycles. The van der Waals surface area contributed by atoms with Gasteiger partial charge in [0.2, 0.25) is 6.04 Å². The van der Waals surface area contributed by atoms with Crippen LogP contribution in [-0.4, -0.2) is 61.3 Å². The van der Waals surface area contributed by atoms with Crippen LogP contribution in [0.5, 0.6) is 0 Å². The average molecular weight is 392 g/mol. The number of carbonyl (C=O) groups is 3. The summed E-state index contributed by atoms with van der Waals surface area (Å²) in [5.74, 6) is -1.25. The Morgan fingerprint density at radius 1 is 1.07 bits per heavy atom. The lowest BCUT2D eigenvalue weighted by molar-refractivity contribution is -0.164. The molecule has 154 valence electrons. The van der Waals surface area contributed by atoms with Crippen molar-refractivity contribution in [2.45, 2.75) is 45.4 Å². The van der Waals surface area contributed by atoms with E-state index in [4.69, 9.17) is 14.2 Å². The predicted molar refractivity (Wildman–Crippen MR) is 101 cm³/mol. The molecule has 0 saturated carbocycles. The van der Waals surface area contributed by atoms with Crippen LogP contribution in [0.1, 0.15) is 32.3 Å². The normalized spacial score (nSPS) is 16.6. The molecule has 0 aliphatic carbocycles. The Morgan fingerprint density at radius 3 is 2.32 bits per heavy atom. The standard InChI is InChI=1S/C20H28N2O6/c1-3-26-18(23)17(19(24)27-4-2)22-12-8-11-16(22)13-21-20(25)28-14-15-9-6-5-7-10-15/h5-7,9-10,16-17H,3-4,8,11-14H2,1-2H3,(H,21,25)/t16-/m1/s1. The maximum Gasteiger partial charge on any atom is 0.407 e. The highest BCUT2D eigenvalue weighted by atomic mass is 16.6. The van der Waals surface area contributed by atoms with Gasteiger partial charge in [-0.3, -0.25) is 4.90 Å². The summed E-state index contributed by atoms with van der Waals surface area (Å²) in [6.07, 6.45) is 1.01. The Hall–Kier alpha value is -2.61. The quantitative estimate of drug-likeness (QED) is 0.389. The molecule has 8 heteroatoms. The van der Waals surface area contributed by atoms with Gasteiger partial charge < -0.3 is 19.5 Å². The van der Waals surface area contributed by atoms with Crippen LogP contribution in [0.3, 0.4) is 0 Å². The highest BCUT2D eigenvalue weighted by molar-refractivity contribution is 5.99. The van der Waals surface area contributed by atoms with Gasteiger partial charge in [-0.2, -0.15) is 0 Å². The Bertz CT molecular complexity index is 633. The van der Waals surface area contributed by atoms with Gasteiger partial charge in [0.25, 0.3) is 0 Å². The Morgan fingerprint density at radius 2 is 1.71 bits per heavy atom. The number of carbonyl (C=O) groups excluding carboxylic acids is 3. The summed E-state index contributed by atoms with van der Waals surface area (Å²) >= 11 is 0. The zero-order chi connectivity index (χ0) is 20.4. The molecule has 0 spiro atoms. The fraction of sp³-hybridized carbons (Fsp3) is 0.550. The second kappa shape index (κ2) is 11.3. The molecule has 0 aromatic heterocycles. The van der Waals surface area contributed by atoms with Gasteiger partial charge in [-0.15, -0.1) is 0 Å². The molecule has 1 atom stereocenters. The van der Waals surface area contributed by atoms with E-state index in [9.17, 15) is 14.4 Å². The molecule has 1 aliphatic rings. The predicted octanol–water partition coefficient (Wildman–Crippen LogP) is 1.87. The third-order valence-electron chi connectivity index (χ3n) is 4.47. The van der Waals surface area contributed by atoms with Gasteiger partial charge in [0.05, 0.1) is 13.2 Å². The number of benzene rings is 1. The van der Waals surface area contributed by atoms with E-state index >= 15 is 0 Å². The number of amides is 1. The number of rotatable bonds is 9. The highest BCUT2D eigenvalue weighted by Gasteiger charge is 2.41. The number of nitrogens with one attached hydrogen (secondary N) is 1. The molecule has 1 aromatic rings. The number of ether oxygens (including phenoxy) is 3. The fourth-order valence-electron chi connectivity index (χ4n) is 3.20. The summed E-state index contributed by atoms with van der Waals surface area (Å²) < 4.78 is 15.3. The van der Waals surface area contributed by atoms with E-state index < -0.39 is 24.1 Å². The van der Waals surface area contributed by atoms with Crippen molar-refractivity contribution >= 4 is 18.0 Å². The number of esters is 2. The Balaban J connectivity index is 1.91. The van der Waals surface area contributed by atoms with Gasteiger partial charge in [-0.25, -0.2) is 14.4 Å². The first-order valence-corrected chi connectivity index (χ1v) is 9.60. The molecule has 1 fully saturated rings. The minimum atomic E-state index is -1.12. The van der Waals surface area contributed by atoms with Crippen LogP contribution >= 0.6 is 0 Å². The van der Waals surface area contributed by atoms with Crippen molar-refractivity contribution in [1.82, 2.24) is 10.2 Å². The Labute approximate surface area is 165 Å². The lowest BCUT2D eigenvalue weighted by Crippen LogP contribution is -2.53. The van der Waals surface area contributed by atoms with Gasteiger partial charge in [0, 0.05) is 12.6 Å². The third-order valence-corrected chi connectivity index (χ3v) is 4.47. The topological polar surface area (TPSA) is 94.2 Å². The Kier molecular flexibility index (Phi) is 8.74. The maximum atomic E-state index is 12.3. The van der Waals surface area contributed by atoms with Gasteiger partial charge >= 0.3 is 18.0 Å². The van der Waals surface area contributed by atoms with E-state index in [0.717, 1.165) is 18.4 Å². The number of likely N-dealkylation sites (tertiary alicyclic amines) is 1. The molecule has 0 bridgehead atoms. The second-order valence-electron chi connectivity index (χ2n) is 6.38. The summed E-state index contributed by atoms with van der Waals surface area (Å²) in [5, 5.41) is 2.71. The van der Waals surface area contributed by atoms with Crippen LogP contribution in [0.15, 0.2) is 30.3 Å². The monoisotopic (exact) mass is 392 g/mol. The molecule has 1 aromatic carbocycles. The first kappa shape index (κ1) is 21.7. The van der Waals surface area contributed by atoms with Crippen molar-refractivity contribution in [3.8, 4) is 0 Å². The van der Waals surface area contributed by atoms with Gasteiger partial charge in [-0.1, -0.05) is 30.3 Å². The van der Waals surface area contributed by atoms with E-state index in [1.54, 1.807) is 18.7 Å². The molecular weight excluding hydrogens is 364 g/mol. The van der Waals surface area contributed by atoms with Crippen LogP contribution in [0.4, 0.5) is 4.79 Å². The minimum Gasteiger partial charge on any atom is -0.464 e. The van der Waals surface area contributed by atoms with E-state index in [1.165, 1.54) is 0 Å². The van der Waals surface area contributed by atoms with E-state index in [1.807, 2.05) is 30.3 Å². The minimum absolute atomic E-state index is 0.176. The molecule has 0 radical (unpaired) electrons. The van der Waals surface area contributed by atoms with Gasteiger partial charge in [0.15, 0.2) is 0 Å². The zero-order valence-electron chi connectivity index (χ0n) is 16.4. The summed E-state index contributed by atoms with van der Waals surface area (Å²) in [6.45, 7) is 4.72. The molecule has 2 rings (SSSR count). The third kappa shape index (κ3) is 6.23. The number of hydrogen-bond acceptors (Lipinski definition) is 7. The highest BCUT2D eigenvalue weighted by Crippen LogP contribution is 2.21. The number of alkyl carbamates (subject to hydrolysis) is 1. The number of hydrogen-bond donors (Lipinski definition) is 1. The molecule has 1 N–H and O–H groups in total. The van der Waals surface area contributed by atoms with E-state index in [2.05, 4.69) is 5.32 Å². The molecule has 8 nitrogen and oxygen atoms in total. The van der Waals surface area contributed by atoms with E-state index in [-0.39, 0.29) is 32.4 Å². The molecule has 1 amide bonds. The lowest BCUT2D eigenvalue weighted by atomic mass is 10.1. The first-order chi connectivity index (χ1) is 13.6. The van der Waals surface area contributed by atoms with Crippen LogP contribution < -0.4 is 5.32 Å². The molecule has 1 heterocycles. The lowest BCUT2D eigenvalue weighted by Gasteiger charge is -2.29. The summed E-state index contributed by atoms with van der Waals surface area (Å²) in [7, 11) is 0. The first-order valence-electron chi connectivity index (χ1n) is 9.60. The average Bonchev–Trinajstić information content (AvgIpc) is 3.14. The fourth-order valence-corrected chi connectivity index (χ4v) is 3.20. The van der Waals surface area contributed by atoms with Gasteiger partial charge in [-0.05, 0) is 38.8 Å². The summed E-state index contributed by atoms with van der Waals surface area (Å²) in [4.78, 5) is 38.4. The molecular formula is C20H28N2O6. The van der Waals surface area contributed by atoms with Crippen molar-refractivity contribution in [2.24, 2.45) is 0 Å². The molecule has 1 aliphatic heterocycles. The van der Waals surface area contributed by atoms with Crippen LogP contribution in [0, 0.1) is 0 Å². The molecule has 0 unspecified atom stereocenters. The summed E-state index contributed by atoms with van der Waals surface area (Å²) in [5.41, 5.74) is 0.893. The van der Waals surface area contributed by atoms with E-state index in [0.29, 0.717) is 6.54 Å². The van der Waals surface area contributed by atoms with Crippen molar-refractivity contribution in [3.63, 3.8) is 0 Å². The SMILES string of the molecule is CCOC(=O)C(C(=O)OCC)N1CCC[C@@H]1CNC(=O)OCc1ccccc1. The second-order valence-corrected chi connectivity index (χ2v) is 6.38. The van der Waals surface area contributed by atoms with Crippen LogP contribution in [-0.2, 0) is 30.4 Å². The van der Waals surface area contributed by atoms with Crippen LogP contribution in [0.25, 0.3) is 0 Å². The number of nitrogens with zero attached hydrogens (tertiary/aromatic N) is 1. The van der Waals surface area contributed by atoms with Crippen molar-refractivity contribution < 1.29 is 28.6 Å². The summed E-state index contributed by atoms with van der Waals surface area (Å²) in [6, 6.07) is 8.08. The van der Waals surface area contributed by atoms with Crippen LogP contribution in [0.2, 0.25) is 0 Å². The largest absolute Gasteiger partial charge is 0.464 e. The molecule has 28 heavy (non-hydrogen) atoms. The zero-order valence-corrected chi connectivity index (χ0v) is 16.4. The van der Waals surface area contributed by atoms with Crippen molar-refractivity contribution in [2.75, 3.05) is 26.3 Å².